The fraction of sp³-hybridized carbons (Fsp3) is 0.174. The van der Waals surface area contributed by atoms with Gasteiger partial charge in [-0.2, -0.15) is 0 Å². The molecule has 4 aromatic rings. The zero-order chi connectivity index (χ0) is 20.1. The molecule has 3 aromatic carbocycles. The van der Waals surface area contributed by atoms with Crippen molar-refractivity contribution in [3.63, 3.8) is 0 Å². The molecule has 1 aromatic heterocycles. The molecule has 1 heterocycles. The van der Waals surface area contributed by atoms with Crippen molar-refractivity contribution in [2.75, 3.05) is 13.2 Å². The minimum Gasteiger partial charge on any atom is -0.491 e. The Morgan fingerprint density at radius 2 is 1.90 bits per heavy atom. The summed E-state index contributed by atoms with van der Waals surface area (Å²) in [5.41, 5.74) is 2.97. The third-order valence-electron chi connectivity index (χ3n) is 4.54. The van der Waals surface area contributed by atoms with E-state index in [0.29, 0.717) is 30.1 Å². The number of aromatic nitrogens is 1. The minimum absolute atomic E-state index is 0.163. The second-order valence-electron chi connectivity index (χ2n) is 6.78. The number of aliphatic hydroxyl groups is 1. The third kappa shape index (κ3) is 4.80. The topological polar surface area (TPSA) is 67.5 Å². The smallest absolute Gasteiger partial charge is 0.170 e. The number of halogens is 1. The van der Waals surface area contributed by atoms with E-state index in [1.807, 2.05) is 54.6 Å². The molecule has 0 aliphatic carbocycles. The molecule has 1 atom stereocenters. The van der Waals surface area contributed by atoms with E-state index in [-0.39, 0.29) is 12.4 Å². The summed E-state index contributed by atoms with van der Waals surface area (Å²) in [6.07, 6.45) is -0.641. The van der Waals surface area contributed by atoms with Crippen LogP contribution in [0.25, 0.3) is 22.2 Å². The monoisotopic (exact) mass is 392 g/mol. The molecule has 0 aliphatic rings. The van der Waals surface area contributed by atoms with E-state index in [1.54, 1.807) is 6.07 Å². The second-order valence-corrected chi connectivity index (χ2v) is 6.78. The van der Waals surface area contributed by atoms with E-state index in [2.05, 4.69) is 10.5 Å². The van der Waals surface area contributed by atoms with Gasteiger partial charge in [0.25, 0.3) is 0 Å². The van der Waals surface area contributed by atoms with Gasteiger partial charge in [0, 0.05) is 30.1 Å². The summed E-state index contributed by atoms with van der Waals surface area (Å²) < 4.78 is 24.3. The van der Waals surface area contributed by atoms with Crippen molar-refractivity contribution >= 4 is 11.0 Å². The molecule has 2 N–H and O–H groups in total. The number of rotatable bonds is 8. The van der Waals surface area contributed by atoms with Gasteiger partial charge in [0.1, 0.15) is 30.0 Å². The third-order valence-corrected chi connectivity index (χ3v) is 4.54. The number of hydrogen-bond acceptors (Lipinski definition) is 5. The molecule has 0 bridgehead atoms. The van der Waals surface area contributed by atoms with Crippen molar-refractivity contribution in [1.29, 1.82) is 0 Å². The lowest BCUT2D eigenvalue weighted by Gasteiger charge is -2.14. The van der Waals surface area contributed by atoms with Crippen LogP contribution in [0.2, 0.25) is 0 Å². The van der Waals surface area contributed by atoms with Crippen LogP contribution >= 0.6 is 0 Å². The van der Waals surface area contributed by atoms with Gasteiger partial charge >= 0.3 is 0 Å². The highest BCUT2D eigenvalue weighted by Crippen LogP contribution is 2.30. The molecule has 6 heteroatoms. The number of nitrogens with zero attached hydrogens (tertiary/aromatic N) is 1. The normalized spacial score (nSPS) is 12.2. The Balaban J connectivity index is 1.35. The van der Waals surface area contributed by atoms with Gasteiger partial charge in [-0.3, -0.25) is 0 Å². The van der Waals surface area contributed by atoms with Crippen LogP contribution in [0.4, 0.5) is 4.39 Å². The Labute approximate surface area is 167 Å². The molecule has 0 radical (unpaired) electrons. The molecule has 29 heavy (non-hydrogen) atoms. The first-order valence-corrected chi connectivity index (χ1v) is 9.40. The second kappa shape index (κ2) is 8.86. The Hall–Kier alpha value is -3.22. The number of aliphatic hydroxyl groups excluding tert-OH is 1. The number of benzene rings is 3. The predicted octanol–water partition coefficient (Wildman–Crippen LogP) is 4.16. The average molecular weight is 392 g/mol. The summed E-state index contributed by atoms with van der Waals surface area (Å²) in [4.78, 5) is 0. The van der Waals surface area contributed by atoms with Crippen LogP contribution in [-0.2, 0) is 6.54 Å². The molecule has 0 aliphatic heterocycles. The molecule has 5 nitrogen and oxygen atoms in total. The number of ether oxygens (including phenoxy) is 1. The number of nitrogens with one attached hydrogen (secondary N) is 1. The van der Waals surface area contributed by atoms with Crippen LogP contribution in [0.1, 0.15) is 5.56 Å². The molecule has 0 saturated carbocycles. The van der Waals surface area contributed by atoms with Gasteiger partial charge in [-0.1, -0.05) is 47.6 Å². The quantitative estimate of drug-likeness (QED) is 0.471. The zero-order valence-corrected chi connectivity index (χ0v) is 15.7. The van der Waals surface area contributed by atoms with Gasteiger partial charge in [0.05, 0.1) is 0 Å². The summed E-state index contributed by atoms with van der Waals surface area (Å²) in [7, 11) is 0. The zero-order valence-electron chi connectivity index (χ0n) is 15.7. The molecule has 0 amide bonds. The van der Waals surface area contributed by atoms with Crippen LogP contribution in [-0.4, -0.2) is 29.5 Å². The molecule has 4 rings (SSSR count). The van der Waals surface area contributed by atoms with Crippen LogP contribution in [0.5, 0.6) is 5.75 Å². The highest BCUT2D eigenvalue weighted by Gasteiger charge is 2.12. The Morgan fingerprint density at radius 1 is 1.03 bits per heavy atom. The maximum absolute atomic E-state index is 13.3. The van der Waals surface area contributed by atoms with Gasteiger partial charge in [0.2, 0.25) is 0 Å². The van der Waals surface area contributed by atoms with E-state index in [4.69, 9.17) is 9.26 Å². The van der Waals surface area contributed by atoms with Crippen molar-refractivity contribution in [1.82, 2.24) is 10.5 Å². The molecule has 148 valence electrons. The SMILES string of the molecule is OC(CNCc1ccccc1)COc1cccc(-c2noc3cc(F)ccc23)c1. The molecule has 0 fully saturated rings. The van der Waals surface area contributed by atoms with Gasteiger partial charge in [-0.15, -0.1) is 0 Å². The van der Waals surface area contributed by atoms with E-state index in [0.717, 1.165) is 16.5 Å². The summed E-state index contributed by atoms with van der Waals surface area (Å²) in [5, 5.41) is 18.2. The lowest BCUT2D eigenvalue weighted by atomic mass is 10.1. The van der Waals surface area contributed by atoms with Gasteiger partial charge in [0.15, 0.2) is 5.58 Å². The van der Waals surface area contributed by atoms with Crippen molar-refractivity contribution in [3.8, 4) is 17.0 Å². The molecular weight excluding hydrogens is 371 g/mol. The van der Waals surface area contributed by atoms with Crippen molar-refractivity contribution in [2.24, 2.45) is 0 Å². The molecule has 0 spiro atoms. The molecular formula is C23H21FN2O3. The number of fused-ring (bicyclic) bond motifs is 1. The number of hydrogen-bond donors (Lipinski definition) is 2. The van der Waals surface area contributed by atoms with E-state index in [1.165, 1.54) is 12.1 Å². The summed E-state index contributed by atoms with van der Waals surface area (Å²) in [6.45, 7) is 1.28. The standard InChI is InChI=1S/C23H21FN2O3/c24-18-9-10-21-22(12-18)29-26-23(21)17-7-4-8-20(11-17)28-15-19(27)14-25-13-16-5-2-1-3-6-16/h1-12,19,25,27H,13-15H2. The van der Waals surface area contributed by atoms with Crippen molar-refractivity contribution in [2.45, 2.75) is 12.6 Å². The van der Waals surface area contributed by atoms with Crippen LogP contribution < -0.4 is 10.1 Å². The molecule has 0 saturated heterocycles. The van der Waals surface area contributed by atoms with E-state index >= 15 is 0 Å². The Bertz CT molecular complexity index is 1080. The first-order chi connectivity index (χ1) is 14.2. The van der Waals surface area contributed by atoms with Gasteiger partial charge in [-0.05, 0) is 29.8 Å². The van der Waals surface area contributed by atoms with E-state index < -0.39 is 6.10 Å². The largest absolute Gasteiger partial charge is 0.491 e. The van der Waals surface area contributed by atoms with Crippen LogP contribution in [0.3, 0.4) is 0 Å². The fourth-order valence-electron chi connectivity index (χ4n) is 3.08. The lowest BCUT2D eigenvalue weighted by molar-refractivity contribution is 0.106. The highest BCUT2D eigenvalue weighted by molar-refractivity contribution is 5.91. The lowest BCUT2D eigenvalue weighted by Crippen LogP contribution is -2.31. The summed E-state index contributed by atoms with van der Waals surface area (Å²) in [6, 6.07) is 21.7. The summed E-state index contributed by atoms with van der Waals surface area (Å²) >= 11 is 0. The predicted molar refractivity (Wildman–Crippen MR) is 109 cm³/mol. The fourth-order valence-corrected chi connectivity index (χ4v) is 3.08. The summed E-state index contributed by atoms with van der Waals surface area (Å²) in [5.74, 6) is 0.245. The average Bonchev–Trinajstić information content (AvgIpc) is 3.16. The van der Waals surface area contributed by atoms with Crippen molar-refractivity contribution < 1.29 is 18.8 Å². The van der Waals surface area contributed by atoms with Gasteiger partial charge < -0.3 is 19.7 Å². The highest BCUT2D eigenvalue weighted by atomic mass is 19.1. The van der Waals surface area contributed by atoms with E-state index in [9.17, 15) is 9.50 Å². The first kappa shape index (κ1) is 19.1. The van der Waals surface area contributed by atoms with Crippen LogP contribution in [0, 0.1) is 5.82 Å². The van der Waals surface area contributed by atoms with Crippen LogP contribution in [0.15, 0.2) is 77.3 Å². The molecule has 1 unspecified atom stereocenters. The first-order valence-electron chi connectivity index (χ1n) is 9.40. The Kier molecular flexibility index (Phi) is 5.84. The maximum Gasteiger partial charge on any atom is 0.170 e. The minimum atomic E-state index is -0.641. The van der Waals surface area contributed by atoms with Crippen molar-refractivity contribution in [3.05, 3.63) is 84.2 Å². The Morgan fingerprint density at radius 3 is 2.76 bits per heavy atom. The van der Waals surface area contributed by atoms with Gasteiger partial charge in [-0.25, -0.2) is 4.39 Å². The maximum atomic E-state index is 13.3.